The van der Waals surface area contributed by atoms with Gasteiger partial charge in [0.15, 0.2) is 0 Å². The van der Waals surface area contributed by atoms with Crippen LogP contribution in [-0.4, -0.2) is 13.1 Å². The highest BCUT2D eigenvalue weighted by molar-refractivity contribution is 5.25. The quantitative estimate of drug-likeness (QED) is 0.788. The maximum atomic E-state index is 3.49. The molecule has 2 rings (SSSR count). The van der Waals surface area contributed by atoms with Crippen LogP contribution in [0.15, 0.2) is 35.9 Å². The lowest BCUT2D eigenvalue weighted by atomic mass is 9.95. The maximum absolute atomic E-state index is 3.49. The minimum absolute atomic E-state index is 0.519. The fraction of sp³-hybridized carbons (Fsp3) is 0.529. The summed E-state index contributed by atoms with van der Waals surface area (Å²) in [5.41, 5.74) is 4.40. The number of hydrogen-bond acceptors (Lipinski definition) is 1. The van der Waals surface area contributed by atoms with Crippen molar-refractivity contribution in [2.45, 2.75) is 51.5 Å². The van der Waals surface area contributed by atoms with Crippen LogP contribution in [0.5, 0.6) is 0 Å². The van der Waals surface area contributed by atoms with E-state index in [2.05, 4.69) is 49.6 Å². The second-order valence-electron chi connectivity index (χ2n) is 5.41. The van der Waals surface area contributed by atoms with E-state index in [1.165, 1.54) is 43.2 Å². The average molecular weight is 243 g/mol. The molecule has 0 spiro atoms. The Labute approximate surface area is 111 Å². The molecule has 1 aliphatic rings. The van der Waals surface area contributed by atoms with E-state index in [0.717, 1.165) is 6.42 Å². The van der Waals surface area contributed by atoms with Crippen LogP contribution >= 0.6 is 0 Å². The fourth-order valence-corrected chi connectivity index (χ4v) is 2.73. The van der Waals surface area contributed by atoms with E-state index < -0.39 is 0 Å². The molecule has 0 aromatic heterocycles. The summed E-state index contributed by atoms with van der Waals surface area (Å²) in [7, 11) is 2.09. The van der Waals surface area contributed by atoms with E-state index in [4.69, 9.17) is 0 Å². The third-order valence-corrected chi connectivity index (χ3v) is 3.93. The lowest BCUT2D eigenvalue weighted by Crippen LogP contribution is -2.29. The molecule has 1 aromatic carbocycles. The first-order chi connectivity index (χ1) is 8.79. The summed E-state index contributed by atoms with van der Waals surface area (Å²) in [5.74, 6) is 0. The zero-order chi connectivity index (χ0) is 12.8. The first-order valence-electron chi connectivity index (χ1n) is 7.21. The molecule has 0 bridgehead atoms. The molecule has 0 saturated heterocycles. The Hall–Kier alpha value is -1.08. The van der Waals surface area contributed by atoms with E-state index in [9.17, 15) is 0 Å². The van der Waals surface area contributed by atoms with E-state index in [1.807, 2.05) is 0 Å². The minimum atomic E-state index is 0.519. The Morgan fingerprint density at radius 2 is 1.89 bits per heavy atom. The van der Waals surface area contributed by atoms with Gasteiger partial charge in [-0.05, 0) is 51.6 Å². The molecule has 0 saturated carbocycles. The van der Waals surface area contributed by atoms with Crippen molar-refractivity contribution in [2.75, 3.05) is 7.05 Å². The highest BCUT2D eigenvalue weighted by Gasteiger charge is 2.14. The van der Waals surface area contributed by atoms with Gasteiger partial charge in [-0.1, -0.05) is 47.9 Å². The number of benzene rings is 1. The van der Waals surface area contributed by atoms with Crippen LogP contribution in [0.1, 0.15) is 43.2 Å². The van der Waals surface area contributed by atoms with Gasteiger partial charge in [0.1, 0.15) is 0 Å². The summed E-state index contributed by atoms with van der Waals surface area (Å²) in [6.45, 7) is 2.15. The molecular formula is C17H25N. The highest BCUT2D eigenvalue weighted by Crippen LogP contribution is 2.22. The van der Waals surface area contributed by atoms with Crippen molar-refractivity contribution in [3.8, 4) is 0 Å². The number of hydrogen-bond donors (Lipinski definition) is 1. The molecule has 1 aliphatic carbocycles. The number of nitrogens with one attached hydrogen (secondary N) is 1. The van der Waals surface area contributed by atoms with Crippen LogP contribution in [0.4, 0.5) is 0 Å². The zero-order valence-electron chi connectivity index (χ0n) is 11.7. The highest BCUT2D eigenvalue weighted by atomic mass is 14.9. The van der Waals surface area contributed by atoms with E-state index in [-0.39, 0.29) is 0 Å². The van der Waals surface area contributed by atoms with Gasteiger partial charge >= 0.3 is 0 Å². The van der Waals surface area contributed by atoms with Crippen LogP contribution in [0.2, 0.25) is 0 Å². The molecular weight excluding hydrogens is 218 g/mol. The molecule has 0 radical (unpaired) electrons. The van der Waals surface area contributed by atoms with Gasteiger partial charge in [0.05, 0.1) is 0 Å². The Bertz CT molecular complexity index is 389. The smallest absolute Gasteiger partial charge is 0.0317 e. The predicted octanol–water partition coefficient (Wildman–Crippen LogP) is 4.02. The molecule has 1 atom stereocenters. The molecule has 0 fully saturated rings. The summed E-state index contributed by atoms with van der Waals surface area (Å²) in [6, 6.07) is 9.46. The normalized spacial score (nSPS) is 18.0. The second-order valence-corrected chi connectivity index (χ2v) is 5.41. The first-order valence-corrected chi connectivity index (χ1v) is 7.21. The second kappa shape index (κ2) is 6.75. The van der Waals surface area contributed by atoms with Crippen molar-refractivity contribution in [1.29, 1.82) is 0 Å². The zero-order valence-corrected chi connectivity index (χ0v) is 11.7. The Morgan fingerprint density at radius 1 is 1.11 bits per heavy atom. The molecule has 0 amide bonds. The SMILES string of the molecule is CNC(Cc1ccc(C)cc1)C1=CCCCCC1. The Kier molecular flexibility index (Phi) is 5.00. The van der Waals surface area contributed by atoms with E-state index in [0.29, 0.717) is 6.04 Å². The van der Waals surface area contributed by atoms with Crippen LogP contribution in [-0.2, 0) is 6.42 Å². The number of aryl methyl sites for hydroxylation is 1. The lowest BCUT2D eigenvalue weighted by Gasteiger charge is -2.20. The lowest BCUT2D eigenvalue weighted by molar-refractivity contribution is 0.597. The Morgan fingerprint density at radius 3 is 2.61 bits per heavy atom. The van der Waals surface area contributed by atoms with Gasteiger partial charge in [-0.2, -0.15) is 0 Å². The topological polar surface area (TPSA) is 12.0 Å². The number of allylic oxidation sites excluding steroid dienone is 1. The molecule has 0 heterocycles. The molecule has 1 heteroatoms. The third kappa shape index (κ3) is 3.71. The summed E-state index contributed by atoms with van der Waals surface area (Å²) < 4.78 is 0. The van der Waals surface area contributed by atoms with Crippen LogP contribution < -0.4 is 5.32 Å². The van der Waals surface area contributed by atoms with Gasteiger partial charge in [-0.25, -0.2) is 0 Å². The first kappa shape index (κ1) is 13.4. The molecule has 1 unspecified atom stereocenters. The summed E-state index contributed by atoms with van der Waals surface area (Å²) in [6.07, 6.45) is 10.2. The van der Waals surface area contributed by atoms with Crippen molar-refractivity contribution in [3.05, 3.63) is 47.0 Å². The fourth-order valence-electron chi connectivity index (χ4n) is 2.73. The molecule has 0 aliphatic heterocycles. The summed E-state index contributed by atoms with van der Waals surface area (Å²) in [4.78, 5) is 0. The van der Waals surface area contributed by atoms with Crippen LogP contribution in [0.3, 0.4) is 0 Å². The van der Waals surface area contributed by atoms with E-state index >= 15 is 0 Å². The van der Waals surface area contributed by atoms with Gasteiger partial charge in [0, 0.05) is 6.04 Å². The monoisotopic (exact) mass is 243 g/mol. The predicted molar refractivity (Wildman–Crippen MR) is 78.9 cm³/mol. The van der Waals surface area contributed by atoms with E-state index in [1.54, 1.807) is 5.57 Å². The molecule has 98 valence electrons. The minimum Gasteiger partial charge on any atom is -0.313 e. The molecule has 1 nitrogen and oxygen atoms in total. The van der Waals surface area contributed by atoms with Gasteiger partial charge in [0.25, 0.3) is 0 Å². The van der Waals surface area contributed by atoms with Crippen molar-refractivity contribution >= 4 is 0 Å². The average Bonchev–Trinajstić information content (AvgIpc) is 2.67. The Balaban J connectivity index is 2.04. The number of likely N-dealkylation sites (N-methyl/N-ethyl adjacent to an activating group) is 1. The van der Waals surface area contributed by atoms with Crippen molar-refractivity contribution < 1.29 is 0 Å². The van der Waals surface area contributed by atoms with Crippen molar-refractivity contribution in [1.82, 2.24) is 5.32 Å². The molecule has 1 N–H and O–H groups in total. The molecule has 18 heavy (non-hydrogen) atoms. The van der Waals surface area contributed by atoms with Gasteiger partial charge in [-0.15, -0.1) is 0 Å². The number of rotatable bonds is 4. The van der Waals surface area contributed by atoms with Gasteiger partial charge in [-0.3, -0.25) is 0 Å². The van der Waals surface area contributed by atoms with Crippen molar-refractivity contribution in [2.24, 2.45) is 0 Å². The van der Waals surface area contributed by atoms with Crippen LogP contribution in [0.25, 0.3) is 0 Å². The summed E-state index contributed by atoms with van der Waals surface area (Å²) >= 11 is 0. The van der Waals surface area contributed by atoms with Gasteiger partial charge in [0.2, 0.25) is 0 Å². The van der Waals surface area contributed by atoms with Gasteiger partial charge < -0.3 is 5.32 Å². The maximum Gasteiger partial charge on any atom is 0.0317 e. The molecule has 1 aromatic rings. The standard InChI is InChI=1S/C17H25N/c1-14-9-11-15(12-10-14)13-17(18-2)16-7-5-3-4-6-8-16/h7,9-12,17-18H,3-6,8,13H2,1-2H3. The van der Waals surface area contributed by atoms with Crippen LogP contribution in [0, 0.1) is 6.92 Å². The largest absolute Gasteiger partial charge is 0.313 e. The summed E-state index contributed by atoms with van der Waals surface area (Å²) in [5, 5.41) is 3.49. The van der Waals surface area contributed by atoms with Crippen molar-refractivity contribution in [3.63, 3.8) is 0 Å². The third-order valence-electron chi connectivity index (χ3n) is 3.93.